The van der Waals surface area contributed by atoms with Crippen LogP contribution in [0.4, 0.5) is 0 Å². The van der Waals surface area contributed by atoms with Gasteiger partial charge in [-0.15, -0.1) is 0 Å². The number of rotatable bonds is 4. The van der Waals surface area contributed by atoms with Crippen molar-refractivity contribution in [2.24, 2.45) is 5.92 Å². The van der Waals surface area contributed by atoms with Gasteiger partial charge in [0.1, 0.15) is 0 Å². The fourth-order valence-electron chi connectivity index (χ4n) is 2.17. The van der Waals surface area contributed by atoms with Gasteiger partial charge in [0.15, 0.2) is 0 Å². The van der Waals surface area contributed by atoms with Crippen LogP contribution in [-0.4, -0.2) is 22.4 Å². The smallest absolute Gasteiger partial charge is 0.0651 e. The van der Waals surface area contributed by atoms with Crippen LogP contribution < -0.4 is 0 Å². The lowest BCUT2D eigenvalue weighted by Gasteiger charge is -2.34. The minimum absolute atomic E-state index is 0.178. The molecule has 82 valence electrons. The molecule has 14 heavy (non-hydrogen) atoms. The molecule has 0 aliphatic heterocycles. The Hall–Kier alpha value is -0.340. The van der Waals surface area contributed by atoms with E-state index in [4.69, 9.17) is 5.11 Å². The first-order valence-corrected chi connectivity index (χ1v) is 5.55. The molecule has 0 aromatic carbocycles. The first-order valence-electron chi connectivity index (χ1n) is 5.55. The summed E-state index contributed by atoms with van der Waals surface area (Å²) < 4.78 is 0. The van der Waals surface area contributed by atoms with Crippen LogP contribution in [0.2, 0.25) is 0 Å². The lowest BCUT2D eigenvalue weighted by Crippen LogP contribution is -2.35. The van der Waals surface area contributed by atoms with Crippen LogP contribution in [-0.2, 0) is 0 Å². The number of hydrogen-bond acceptors (Lipinski definition) is 2. The molecule has 2 N–H and O–H groups in total. The minimum Gasteiger partial charge on any atom is -0.396 e. The molecule has 2 nitrogen and oxygen atoms in total. The van der Waals surface area contributed by atoms with Crippen LogP contribution in [0.3, 0.4) is 0 Å². The highest BCUT2D eigenvalue weighted by Crippen LogP contribution is 2.34. The van der Waals surface area contributed by atoms with Gasteiger partial charge in [-0.25, -0.2) is 0 Å². The fraction of sp³-hybridized carbons (Fsp3) is 0.833. The van der Waals surface area contributed by atoms with Crippen molar-refractivity contribution in [1.82, 2.24) is 0 Å². The number of allylic oxidation sites excluding steroid dienone is 2. The largest absolute Gasteiger partial charge is 0.396 e. The number of aliphatic hydroxyl groups is 2. The van der Waals surface area contributed by atoms with Crippen molar-refractivity contribution in [3.63, 3.8) is 0 Å². The van der Waals surface area contributed by atoms with E-state index in [9.17, 15) is 5.11 Å². The van der Waals surface area contributed by atoms with Gasteiger partial charge < -0.3 is 10.2 Å². The van der Waals surface area contributed by atoms with E-state index in [1.165, 1.54) is 5.57 Å². The lowest BCUT2D eigenvalue weighted by molar-refractivity contribution is -0.0176. The van der Waals surface area contributed by atoms with E-state index in [0.717, 1.165) is 19.3 Å². The molecular weight excluding hydrogens is 176 g/mol. The van der Waals surface area contributed by atoms with Gasteiger partial charge in [-0.1, -0.05) is 11.6 Å². The van der Waals surface area contributed by atoms with Gasteiger partial charge in [-0.3, -0.25) is 0 Å². The van der Waals surface area contributed by atoms with Gasteiger partial charge in [0.25, 0.3) is 0 Å². The average Bonchev–Trinajstić information content (AvgIpc) is 2.16. The second kappa shape index (κ2) is 4.94. The summed E-state index contributed by atoms with van der Waals surface area (Å²) in [6.45, 7) is 4.23. The molecule has 0 fully saturated rings. The SMILES string of the molecule is CC1=CC[C@@H]([C@@](C)(O)CCCO)CC1. The van der Waals surface area contributed by atoms with E-state index >= 15 is 0 Å². The summed E-state index contributed by atoms with van der Waals surface area (Å²) in [4.78, 5) is 0. The van der Waals surface area contributed by atoms with E-state index in [0.29, 0.717) is 18.8 Å². The minimum atomic E-state index is -0.597. The van der Waals surface area contributed by atoms with E-state index < -0.39 is 5.60 Å². The van der Waals surface area contributed by atoms with Crippen molar-refractivity contribution in [2.75, 3.05) is 6.61 Å². The maximum atomic E-state index is 10.2. The van der Waals surface area contributed by atoms with Crippen LogP contribution in [0, 0.1) is 5.92 Å². The van der Waals surface area contributed by atoms with E-state index in [2.05, 4.69) is 13.0 Å². The summed E-state index contributed by atoms with van der Waals surface area (Å²) >= 11 is 0. The molecule has 0 saturated carbocycles. The molecule has 1 aliphatic rings. The Morgan fingerprint density at radius 2 is 2.29 bits per heavy atom. The van der Waals surface area contributed by atoms with Gasteiger partial charge in [0.2, 0.25) is 0 Å². The molecule has 0 saturated heterocycles. The van der Waals surface area contributed by atoms with Crippen LogP contribution in [0.25, 0.3) is 0 Å². The normalized spacial score (nSPS) is 26.9. The Morgan fingerprint density at radius 1 is 1.57 bits per heavy atom. The summed E-state index contributed by atoms with van der Waals surface area (Å²) in [5.41, 5.74) is 0.846. The Bertz CT molecular complexity index is 206. The third-order valence-corrected chi connectivity index (χ3v) is 3.36. The number of aliphatic hydroxyl groups excluding tert-OH is 1. The molecule has 1 aliphatic carbocycles. The zero-order chi connectivity index (χ0) is 10.6. The van der Waals surface area contributed by atoms with Crippen LogP contribution in [0.1, 0.15) is 46.0 Å². The van der Waals surface area contributed by atoms with Gasteiger partial charge in [0.05, 0.1) is 5.60 Å². The van der Waals surface area contributed by atoms with Crippen molar-refractivity contribution in [2.45, 2.75) is 51.6 Å². The zero-order valence-electron chi connectivity index (χ0n) is 9.29. The van der Waals surface area contributed by atoms with Gasteiger partial charge >= 0.3 is 0 Å². The Balaban J connectivity index is 2.47. The molecule has 1 rings (SSSR count). The second-order valence-electron chi connectivity index (χ2n) is 4.71. The molecule has 0 spiro atoms. The molecule has 0 bridgehead atoms. The zero-order valence-corrected chi connectivity index (χ0v) is 9.29. The predicted molar refractivity (Wildman–Crippen MR) is 58.0 cm³/mol. The molecule has 2 atom stereocenters. The van der Waals surface area contributed by atoms with Crippen molar-refractivity contribution < 1.29 is 10.2 Å². The molecule has 0 amide bonds. The summed E-state index contributed by atoms with van der Waals surface area (Å²) in [5, 5.41) is 19.0. The molecule has 2 heteroatoms. The standard InChI is InChI=1S/C12H22O2/c1-10-4-6-11(7-5-10)12(2,14)8-3-9-13/h4,11,13-14H,3,5-9H2,1-2H3/t11-,12+/m1/s1. The summed E-state index contributed by atoms with van der Waals surface area (Å²) in [7, 11) is 0. The first-order chi connectivity index (χ1) is 6.56. The van der Waals surface area contributed by atoms with E-state index in [1.54, 1.807) is 0 Å². The number of hydrogen-bond donors (Lipinski definition) is 2. The third kappa shape index (κ3) is 3.10. The van der Waals surface area contributed by atoms with Crippen LogP contribution in [0.15, 0.2) is 11.6 Å². The highest BCUT2D eigenvalue weighted by atomic mass is 16.3. The molecule has 0 heterocycles. The highest BCUT2D eigenvalue weighted by molar-refractivity contribution is 5.05. The monoisotopic (exact) mass is 198 g/mol. The molecule has 0 aromatic rings. The van der Waals surface area contributed by atoms with Crippen LogP contribution >= 0.6 is 0 Å². The predicted octanol–water partition coefficient (Wildman–Crippen LogP) is 2.26. The van der Waals surface area contributed by atoms with Crippen molar-refractivity contribution in [1.29, 1.82) is 0 Å². The third-order valence-electron chi connectivity index (χ3n) is 3.36. The maximum absolute atomic E-state index is 10.2. The van der Waals surface area contributed by atoms with Gasteiger partial charge in [-0.05, 0) is 51.9 Å². The quantitative estimate of drug-likeness (QED) is 0.680. The summed E-state index contributed by atoms with van der Waals surface area (Å²) in [6, 6.07) is 0. The average molecular weight is 198 g/mol. The van der Waals surface area contributed by atoms with E-state index in [1.807, 2.05) is 6.92 Å². The fourth-order valence-corrected chi connectivity index (χ4v) is 2.17. The van der Waals surface area contributed by atoms with E-state index in [-0.39, 0.29) is 6.61 Å². The molecule has 0 radical (unpaired) electrons. The molecular formula is C12H22O2. The Kier molecular flexibility index (Phi) is 4.14. The maximum Gasteiger partial charge on any atom is 0.0651 e. The molecule has 0 unspecified atom stereocenters. The lowest BCUT2D eigenvalue weighted by atomic mass is 9.76. The Labute approximate surface area is 86.6 Å². The van der Waals surface area contributed by atoms with Crippen molar-refractivity contribution >= 4 is 0 Å². The van der Waals surface area contributed by atoms with Gasteiger partial charge in [0, 0.05) is 6.61 Å². The second-order valence-corrected chi connectivity index (χ2v) is 4.71. The van der Waals surface area contributed by atoms with Crippen molar-refractivity contribution in [3.05, 3.63) is 11.6 Å². The van der Waals surface area contributed by atoms with Gasteiger partial charge in [-0.2, -0.15) is 0 Å². The van der Waals surface area contributed by atoms with Crippen LogP contribution in [0.5, 0.6) is 0 Å². The summed E-state index contributed by atoms with van der Waals surface area (Å²) in [6.07, 6.45) is 6.83. The summed E-state index contributed by atoms with van der Waals surface area (Å²) in [5.74, 6) is 0.373. The first kappa shape index (κ1) is 11.7. The topological polar surface area (TPSA) is 40.5 Å². The molecule has 0 aromatic heterocycles. The van der Waals surface area contributed by atoms with Crippen molar-refractivity contribution in [3.8, 4) is 0 Å². The highest BCUT2D eigenvalue weighted by Gasteiger charge is 2.31. The Morgan fingerprint density at radius 3 is 2.79 bits per heavy atom.